The summed E-state index contributed by atoms with van der Waals surface area (Å²) in [4.78, 5) is 1.46. The molecule has 0 saturated heterocycles. The number of hydrogen-bond acceptors (Lipinski definition) is 3. The van der Waals surface area contributed by atoms with Crippen LogP contribution in [0.4, 0.5) is 0 Å². The van der Waals surface area contributed by atoms with Crippen LogP contribution in [0.1, 0.15) is 27.8 Å². The Hall–Kier alpha value is -1.00. The third-order valence-corrected chi connectivity index (χ3v) is 5.38. The molecule has 0 spiro atoms. The lowest BCUT2D eigenvalue weighted by Gasteiger charge is -2.16. The Labute approximate surface area is 126 Å². The molecule has 0 aliphatic heterocycles. The highest BCUT2D eigenvalue weighted by molar-refractivity contribution is 9.09. The monoisotopic (exact) mass is 340 g/mol. The van der Waals surface area contributed by atoms with E-state index in [-0.39, 0.29) is 4.83 Å². The molecule has 1 heterocycles. The number of ether oxygens (including phenoxy) is 2. The minimum absolute atomic E-state index is 0.132. The smallest absolute Gasteiger partial charge is 0.123 e. The van der Waals surface area contributed by atoms with Crippen molar-refractivity contribution >= 4 is 27.3 Å². The molecule has 2 aromatic rings. The average molecular weight is 341 g/mol. The minimum Gasteiger partial charge on any atom is -0.497 e. The van der Waals surface area contributed by atoms with Crippen LogP contribution < -0.4 is 9.47 Å². The van der Waals surface area contributed by atoms with E-state index >= 15 is 0 Å². The predicted molar refractivity (Wildman–Crippen MR) is 84.0 cm³/mol. The fraction of sp³-hybridized carbons (Fsp3) is 0.333. The summed E-state index contributed by atoms with van der Waals surface area (Å²) in [6.07, 6.45) is 1.03. The van der Waals surface area contributed by atoms with Gasteiger partial charge in [0.2, 0.25) is 0 Å². The highest BCUT2D eigenvalue weighted by Gasteiger charge is 2.19. The molecule has 0 aliphatic carbocycles. The summed E-state index contributed by atoms with van der Waals surface area (Å²) in [7, 11) is 3.37. The maximum Gasteiger partial charge on any atom is 0.123 e. The van der Waals surface area contributed by atoms with E-state index in [0.717, 1.165) is 23.5 Å². The fourth-order valence-corrected chi connectivity index (χ4v) is 4.01. The van der Waals surface area contributed by atoms with Gasteiger partial charge in [-0.15, -0.1) is 11.3 Å². The number of aryl methyl sites for hydroxylation is 1. The number of alkyl halides is 1. The van der Waals surface area contributed by atoms with Gasteiger partial charge in [0, 0.05) is 10.4 Å². The number of benzene rings is 1. The minimum atomic E-state index is 0.132. The molecule has 1 aromatic heterocycles. The number of thiophene rings is 1. The first-order chi connectivity index (χ1) is 9.21. The van der Waals surface area contributed by atoms with Gasteiger partial charge in [-0.3, -0.25) is 0 Å². The molecule has 2 nitrogen and oxygen atoms in total. The molecule has 0 radical (unpaired) electrons. The van der Waals surface area contributed by atoms with Gasteiger partial charge in [-0.1, -0.05) is 22.9 Å². The van der Waals surface area contributed by atoms with Crippen LogP contribution in [0.25, 0.3) is 0 Å². The first-order valence-electron chi connectivity index (χ1n) is 6.13. The lowest BCUT2D eigenvalue weighted by atomic mass is 10.1. The van der Waals surface area contributed by atoms with E-state index in [2.05, 4.69) is 34.3 Å². The lowest BCUT2D eigenvalue weighted by molar-refractivity contribution is 0.399. The quantitative estimate of drug-likeness (QED) is 0.727. The molecule has 1 atom stereocenters. The molecule has 0 bridgehead atoms. The Kier molecular flexibility index (Phi) is 4.88. The number of rotatable bonds is 5. The van der Waals surface area contributed by atoms with Crippen LogP contribution >= 0.6 is 27.3 Å². The van der Waals surface area contributed by atoms with Crippen molar-refractivity contribution in [2.75, 3.05) is 14.2 Å². The molecule has 0 saturated carbocycles. The summed E-state index contributed by atoms with van der Waals surface area (Å²) in [5.41, 5.74) is 2.47. The SMILES string of the molecule is CCc1ccsc1C(Br)c1cc(OC)ccc1OC. The molecule has 0 fully saturated rings. The molecule has 1 aromatic carbocycles. The highest BCUT2D eigenvalue weighted by atomic mass is 79.9. The zero-order chi connectivity index (χ0) is 13.8. The topological polar surface area (TPSA) is 18.5 Å². The number of halogens is 1. The van der Waals surface area contributed by atoms with Gasteiger partial charge in [-0.05, 0) is 41.6 Å². The van der Waals surface area contributed by atoms with E-state index in [0.29, 0.717) is 0 Å². The fourth-order valence-electron chi connectivity index (χ4n) is 2.04. The van der Waals surface area contributed by atoms with Crippen LogP contribution in [-0.4, -0.2) is 14.2 Å². The Balaban J connectivity index is 2.45. The van der Waals surface area contributed by atoms with E-state index in [1.807, 2.05) is 18.2 Å². The zero-order valence-corrected chi connectivity index (χ0v) is 13.7. The predicted octanol–water partition coefficient (Wildman–Crippen LogP) is 4.81. The first-order valence-corrected chi connectivity index (χ1v) is 7.93. The van der Waals surface area contributed by atoms with Gasteiger partial charge in [-0.2, -0.15) is 0 Å². The second-order valence-electron chi connectivity index (χ2n) is 4.13. The largest absolute Gasteiger partial charge is 0.497 e. The standard InChI is InChI=1S/C15H17BrO2S/c1-4-10-7-8-19-15(10)14(16)12-9-11(17-2)5-6-13(12)18-3/h5-9,14H,4H2,1-3H3. The van der Waals surface area contributed by atoms with Crippen LogP contribution in [0.5, 0.6) is 11.5 Å². The van der Waals surface area contributed by atoms with E-state index in [1.54, 1.807) is 25.6 Å². The third kappa shape index (κ3) is 2.95. The molecule has 2 rings (SSSR count). The zero-order valence-electron chi connectivity index (χ0n) is 11.3. The van der Waals surface area contributed by atoms with Gasteiger partial charge < -0.3 is 9.47 Å². The highest BCUT2D eigenvalue weighted by Crippen LogP contribution is 2.42. The van der Waals surface area contributed by atoms with E-state index in [1.165, 1.54) is 10.4 Å². The molecule has 0 aliphatic rings. The third-order valence-electron chi connectivity index (χ3n) is 3.10. The van der Waals surface area contributed by atoms with Gasteiger partial charge in [-0.25, -0.2) is 0 Å². The van der Waals surface area contributed by atoms with E-state index < -0.39 is 0 Å². The second kappa shape index (κ2) is 6.44. The Morgan fingerprint density at radius 2 is 2.00 bits per heavy atom. The van der Waals surface area contributed by atoms with Gasteiger partial charge in [0.15, 0.2) is 0 Å². The average Bonchev–Trinajstić information content (AvgIpc) is 2.94. The maximum atomic E-state index is 5.46. The molecular weight excluding hydrogens is 324 g/mol. The van der Waals surface area contributed by atoms with Crippen molar-refractivity contribution in [2.45, 2.75) is 18.2 Å². The molecule has 1 unspecified atom stereocenters. The maximum absolute atomic E-state index is 5.46. The molecule has 0 amide bonds. The Morgan fingerprint density at radius 3 is 2.63 bits per heavy atom. The molecule has 0 N–H and O–H groups in total. The van der Waals surface area contributed by atoms with Gasteiger partial charge >= 0.3 is 0 Å². The van der Waals surface area contributed by atoms with Crippen LogP contribution in [0, 0.1) is 0 Å². The molecule has 19 heavy (non-hydrogen) atoms. The van der Waals surface area contributed by atoms with Crippen molar-refractivity contribution in [3.63, 3.8) is 0 Å². The van der Waals surface area contributed by atoms with Gasteiger partial charge in [0.25, 0.3) is 0 Å². The van der Waals surface area contributed by atoms with Crippen molar-refractivity contribution in [2.24, 2.45) is 0 Å². The summed E-state index contributed by atoms with van der Waals surface area (Å²) < 4.78 is 10.8. The number of hydrogen-bond donors (Lipinski definition) is 0. The summed E-state index contributed by atoms with van der Waals surface area (Å²) >= 11 is 5.56. The van der Waals surface area contributed by atoms with E-state index in [9.17, 15) is 0 Å². The summed E-state index contributed by atoms with van der Waals surface area (Å²) in [6, 6.07) is 8.07. The van der Waals surface area contributed by atoms with Crippen molar-refractivity contribution < 1.29 is 9.47 Å². The van der Waals surface area contributed by atoms with Crippen molar-refractivity contribution in [3.8, 4) is 11.5 Å². The summed E-state index contributed by atoms with van der Waals surface area (Å²) in [5, 5.41) is 2.13. The van der Waals surface area contributed by atoms with Gasteiger partial charge in [0.05, 0.1) is 19.0 Å². The first kappa shape index (κ1) is 14.4. The molecule has 102 valence electrons. The van der Waals surface area contributed by atoms with Crippen molar-refractivity contribution in [3.05, 3.63) is 45.6 Å². The van der Waals surface area contributed by atoms with Gasteiger partial charge in [0.1, 0.15) is 11.5 Å². The second-order valence-corrected chi connectivity index (χ2v) is 6.00. The van der Waals surface area contributed by atoms with Crippen molar-refractivity contribution in [1.82, 2.24) is 0 Å². The molecule has 4 heteroatoms. The van der Waals surface area contributed by atoms with Crippen LogP contribution in [0.3, 0.4) is 0 Å². The Bertz CT molecular complexity index is 551. The van der Waals surface area contributed by atoms with E-state index in [4.69, 9.17) is 9.47 Å². The summed E-state index contributed by atoms with van der Waals surface area (Å²) in [5.74, 6) is 1.72. The van der Waals surface area contributed by atoms with Crippen molar-refractivity contribution in [1.29, 1.82) is 0 Å². The lowest BCUT2D eigenvalue weighted by Crippen LogP contribution is -1.98. The Morgan fingerprint density at radius 1 is 1.21 bits per heavy atom. The molecular formula is C15H17BrO2S. The van der Waals surface area contributed by atoms with Crippen LogP contribution in [0.2, 0.25) is 0 Å². The summed E-state index contributed by atoms with van der Waals surface area (Å²) in [6.45, 7) is 2.17. The van der Waals surface area contributed by atoms with Crippen LogP contribution in [-0.2, 0) is 6.42 Å². The van der Waals surface area contributed by atoms with Crippen LogP contribution in [0.15, 0.2) is 29.6 Å². The number of methoxy groups -OCH3 is 2. The normalized spacial score (nSPS) is 12.2.